The second-order valence-corrected chi connectivity index (χ2v) is 4.78. The molecule has 0 atom stereocenters. The summed E-state index contributed by atoms with van der Waals surface area (Å²) in [7, 11) is 1.38. The molecule has 22 heavy (non-hydrogen) atoms. The Balaban J connectivity index is 2.13. The van der Waals surface area contributed by atoms with Crippen LogP contribution in [0.5, 0.6) is 0 Å². The van der Waals surface area contributed by atoms with Crippen molar-refractivity contribution in [2.24, 2.45) is 0 Å². The van der Waals surface area contributed by atoms with E-state index in [0.29, 0.717) is 16.9 Å². The zero-order valence-electron chi connectivity index (χ0n) is 11.9. The molecule has 0 radical (unpaired) electrons. The maximum Gasteiger partial charge on any atom is 0.301 e. The molecule has 1 heterocycles. The summed E-state index contributed by atoms with van der Waals surface area (Å²) >= 11 is 0. The second kappa shape index (κ2) is 5.37. The Bertz CT molecular complexity index is 782. The number of nitrogen functional groups attached to an aromatic ring is 1. The normalized spacial score (nSPS) is 14.7. The molecule has 0 unspecified atom stereocenters. The molecule has 0 fully saturated rings. The number of anilines is 2. The highest BCUT2D eigenvalue weighted by atomic mass is 16.5. The van der Waals surface area contributed by atoms with Crippen molar-refractivity contribution < 1.29 is 14.3 Å². The number of imide groups is 1. The zero-order chi connectivity index (χ0) is 15.7. The number of nitrogens with two attached hydrogens (primary N) is 1. The summed E-state index contributed by atoms with van der Waals surface area (Å²) in [6, 6.07) is 15.7. The number of hydrogen-bond acceptors (Lipinski definition) is 4. The van der Waals surface area contributed by atoms with Crippen LogP contribution in [0.25, 0.3) is 5.57 Å². The summed E-state index contributed by atoms with van der Waals surface area (Å²) < 4.78 is 5.18. The number of methoxy groups -OCH3 is 1. The molecule has 3 rings (SSSR count). The van der Waals surface area contributed by atoms with Crippen molar-refractivity contribution in [2.75, 3.05) is 17.7 Å². The lowest BCUT2D eigenvalue weighted by Crippen LogP contribution is -2.32. The van der Waals surface area contributed by atoms with Crippen LogP contribution < -0.4 is 10.6 Å². The van der Waals surface area contributed by atoms with Crippen LogP contribution in [0.2, 0.25) is 0 Å². The summed E-state index contributed by atoms with van der Waals surface area (Å²) in [6.07, 6.45) is 0. The lowest BCUT2D eigenvalue weighted by atomic mass is 10.1. The Labute approximate surface area is 127 Å². The number of carbonyl (C=O) groups is 2. The Morgan fingerprint density at radius 1 is 0.909 bits per heavy atom. The van der Waals surface area contributed by atoms with Crippen LogP contribution >= 0.6 is 0 Å². The number of para-hydroxylation sites is 2. The number of ether oxygens (including phenoxy) is 1. The van der Waals surface area contributed by atoms with Gasteiger partial charge < -0.3 is 10.5 Å². The highest BCUT2D eigenvalue weighted by Crippen LogP contribution is 2.35. The molecule has 2 amide bonds. The predicted octanol–water partition coefficient (Wildman–Crippen LogP) is 2.20. The number of rotatable bonds is 3. The molecule has 0 saturated carbocycles. The van der Waals surface area contributed by atoms with Gasteiger partial charge in [-0.15, -0.1) is 0 Å². The van der Waals surface area contributed by atoms with Gasteiger partial charge in [-0.05, 0) is 17.7 Å². The lowest BCUT2D eigenvalue weighted by molar-refractivity contribution is -0.121. The molecule has 1 aliphatic rings. The molecule has 5 nitrogen and oxygen atoms in total. The first-order chi connectivity index (χ1) is 10.6. The minimum atomic E-state index is -0.510. The van der Waals surface area contributed by atoms with Gasteiger partial charge in [-0.25, -0.2) is 4.90 Å². The van der Waals surface area contributed by atoms with E-state index in [0.717, 1.165) is 4.90 Å². The minimum Gasteiger partial charge on any atom is -0.490 e. The van der Waals surface area contributed by atoms with E-state index in [1.807, 2.05) is 6.07 Å². The monoisotopic (exact) mass is 294 g/mol. The lowest BCUT2D eigenvalue weighted by Gasteiger charge is -2.16. The van der Waals surface area contributed by atoms with Gasteiger partial charge in [-0.3, -0.25) is 9.59 Å². The number of nitrogens with zero attached hydrogens (tertiary/aromatic N) is 1. The fourth-order valence-electron chi connectivity index (χ4n) is 2.47. The smallest absolute Gasteiger partial charge is 0.301 e. The van der Waals surface area contributed by atoms with Crippen molar-refractivity contribution in [3.63, 3.8) is 0 Å². The molecular formula is C17H14N2O3. The second-order valence-electron chi connectivity index (χ2n) is 4.78. The molecule has 0 spiro atoms. The highest BCUT2D eigenvalue weighted by Gasteiger charge is 2.41. The van der Waals surface area contributed by atoms with E-state index in [9.17, 15) is 9.59 Å². The van der Waals surface area contributed by atoms with Crippen molar-refractivity contribution in [2.45, 2.75) is 0 Å². The summed E-state index contributed by atoms with van der Waals surface area (Å²) in [6.45, 7) is 0. The van der Waals surface area contributed by atoms with E-state index in [2.05, 4.69) is 0 Å². The number of benzene rings is 2. The molecule has 0 aromatic heterocycles. The predicted molar refractivity (Wildman–Crippen MR) is 83.7 cm³/mol. The van der Waals surface area contributed by atoms with E-state index in [4.69, 9.17) is 10.5 Å². The number of carbonyl (C=O) groups excluding carboxylic acids is 2. The van der Waals surface area contributed by atoms with Gasteiger partial charge in [-0.2, -0.15) is 0 Å². The fourth-order valence-corrected chi connectivity index (χ4v) is 2.47. The summed E-state index contributed by atoms with van der Waals surface area (Å²) in [5.41, 5.74) is 7.49. The minimum absolute atomic E-state index is 0.0273. The summed E-state index contributed by atoms with van der Waals surface area (Å²) in [5.74, 6) is -0.922. The Morgan fingerprint density at radius 3 is 2.18 bits per heavy atom. The standard InChI is InChI=1S/C17H14N2O3/c1-22-15-14(11-7-3-2-4-8-11)16(20)19(17(15)21)13-10-6-5-9-12(13)18/h2-10H,18H2,1H3. The van der Waals surface area contributed by atoms with E-state index < -0.39 is 11.8 Å². The Hall–Kier alpha value is -3.08. The van der Waals surface area contributed by atoms with Crippen LogP contribution in [-0.4, -0.2) is 18.9 Å². The molecular weight excluding hydrogens is 280 g/mol. The van der Waals surface area contributed by atoms with Gasteiger partial charge in [-0.1, -0.05) is 42.5 Å². The molecule has 2 aromatic rings. The van der Waals surface area contributed by atoms with Gasteiger partial charge >= 0.3 is 5.91 Å². The van der Waals surface area contributed by atoms with E-state index in [1.54, 1.807) is 48.5 Å². The summed E-state index contributed by atoms with van der Waals surface area (Å²) in [5, 5.41) is 0. The third kappa shape index (κ3) is 2.03. The molecule has 5 heteroatoms. The summed E-state index contributed by atoms with van der Waals surface area (Å²) in [4.78, 5) is 26.4. The van der Waals surface area contributed by atoms with Crippen molar-refractivity contribution in [3.8, 4) is 0 Å². The van der Waals surface area contributed by atoms with Gasteiger partial charge in [0.05, 0.1) is 24.1 Å². The first kappa shape index (κ1) is 13.9. The van der Waals surface area contributed by atoms with E-state index >= 15 is 0 Å². The van der Waals surface area contributed by atoms with E-state index in [-0.39, 0.29) is 11.3 Å². The quantitative estimate of drug-likeness (QED) is 0.696. The Morgan fingerprint density at radius 2 is 1.55 bits per heavy atom. The first-order valence-corrected chi connectivity index (χ1v) is 6.72. The number of amides is 2. The Kier molecular flexibility index (Phi) is 3.39. The molecule has 0 saturated heterocycles. The largest absolute Gasteiger partial charge is 0.490 e. The fraction of sp³-hybridized carbons (Fsp3) is 0.0588. The molecule has 1 aliphatic heterocycles. The molecule has 0 aliphatic carbocycles. The SMILES string of the molecule is COC1=C(c2ccccc2)C(=O)N(c2ccccc2N)C1=O. The average molecular weight is 294 g/mol. The topological polar surface area (TPSA) is 72.6 Å². The van der Waals surface area contributed by atoms with Crippen molar-refractivity contribution in [3.05, 3.63) is 65.9 Å². The molecule has 2 N–H and O–H groups in total. The maximum absolute atomic E-state index is 12.8. The zero-order valence-corrected chi connectivity index (χ0v) is 11.9. The van der Waals surface area contributed by atoms with Gasteiger partial charge in [0.2, 0.25) is 0 Å². The molecule has 110 valence electrons. The van der Waals surface area contributed by atoms with Gasteiger partial charge in [0.15, 0.2) is 5.76 Å². The van der Waals surface area contributed by atoms with Crippen molar-refractivity contribution in [1.29, 1.82) is 0 Å². The van der Waals surface area contributed by atoms with Gasteiger partial charge in [0, 0.05) is 0 Å². The van der Waals surface area contributed by atoms with Crippen LogP contribution in [0.3, 0.4) is 0 Å². The third-order valence-corrected chi connectivity index (χ3v) is 3.49. The first-order valence-electron chi connectivity index (χ1n) is 6.72. The number of hydrogen-bond donors (Lipinski definition) is 1. The van der Waals surface area contributed by atoms with Crippen molar-refractivity contribution in [1.82, 2.24) is 0 Å². The van der Waals surface area contributed by atoms with Crippen LogP contribution in [0, 0.1) is 0 Å². The van der Waals surface area contributed by atoms with Crippen LogP contribution in [0.4, 0.5) is 11.4 Å². The highest BCUT2D eigenvalue weighted by molar-refractivity contribution is 6.45. The molecule has 2 aromatic carbocycles. The molecule has 0 bridgehead atoms. The van der Waals surface area contributed by atoms with Crippen LogP contribution in [0.1, 0.15) is 5.56 Å². The average Bonchev–Trinajstić information content (AvgIpc) is 2.79. The third-order valence-electron chi connectivity index (χ3n) is 3.49. The van der Waals surface area contributed by atoms with Crippen LogP contribution in [-0.2, 0) is 14.3 Å². The van der Waals surface area contributed by atoms with Gasteiger partial charge in [0.25, 0.3) is 5.91 Å². The van der Waals surface area contributed by atoms with Crippen LogP contribution in [0.15, 0.2) is 60.4 Å². The maximum atomic E-state index is 12.8. The van der Waals surface area contributed by atoms with E-state index in [1.165, 1.54) is 7.11 Å². The van der Waals surface area contributed by atoms with Crippen molar-refractivity contribution >= 4 is 28.8 Å². The van der Waals surface area contributed by atoms with Gasteiger partial charge in [0.1, 0.15) is 0 Å².